The van der Waals surface area contributed by atoms with Crippen LogP contribution in [0.2, 0.25) is 0 Å². The molecular weight excluding hydrogens is 282 g/mol. The van der Waals surface area contributed by atoms with E-state index in [9.17, 15) is 9.90 Å². The number of fused-ring (bicyclic) bond motifs is 1. The minimum absolute atomic E-state index is 0.376. The third kappa shape index (κ3) is 3.09. The van der Waals surface area contributed by atoms with Gasteiger partial charge in [-0.2, -0.15) is 0 Å². The molecule has 0 radical (unpaired) electrons. The van der Waals surface area contributed by atoms with Crippen molar-refractivity contribution in [3.63, 3.8) is 0 Å². The average molecular weight is 305 g/mol. The van der Waals surface area contributed by atoms with Crippen LogP contribution >= 0.6 is 0 Å². The maximum absolute atomic E-state index is 11.5. The smallest absolute Gasteiger partial charge is 0.408 e. The molecule has 1 aromatic carbocycles. The van der Waals surface area contributed by atoms with Crippen LogP contribution in [-0.4, -0.2) is 59.2 Å². The van der Waals surface area contributed by atoms with E-state index in [2.05, 4.69) is 16.8 Å². The first-order valence-electron chi connectivity index (χ1n) is 7.73. The molecule has 6 nitrogen and oxygen atoms in total. The summed E-state index contributed by atoms with van der Waals surface area (Å²) >= 11 is 0. The maximum atomic E-state index is 11.5. The number of benzene rings is 1. The summed E-state index contributed by atoms with van der Waals surface area (Å²) in [5.41, 5.74) is 2.08. The van der Waals surface area contributed by atoms with Crippen LogP contribution in [0, 0.1) is 0 Å². The fourth-order valence-corrected chi connectivity index (χ4v) is 2.90. The van der Waals surface area contributed by atoms with Crippen molar-refractivity contribution in [1.29, 1.82) is 0 Å². The van der Waals surface area contributed by atoms with E-state index in [-0.39, 0.29) is 5.76 Å². The molecule has 120 valence electrons. The van der Waals surface area contributed by atoms with E-state index >= 15 is 0 Å². The van der Waals surface area contributed by atoms with Crippen molar-refractivity contribution in [1.82, 2.24) is 14.4 Å². The molecule has 0 bridgehead atoms. The number of hydrogen-bond donors (Lipinski definition) is 1. The predicted molar refractivity (Wildman–Crippen MR) is 85.0 cm³/mol. The molecule has 2 aromatic rings. The summed E-state index contributed by atoms with van der Waals surface area (Å²) in [6.45, 7) is 5.14. The normalized spacial score (nSPS) is 18.9. The maximum Gasteiger partial charge on any atom is 0.419 e. The number of aryl methyl sites for hydroxylation is 1. The van der Waals surface area contributed by atoms with E-state index in [1.165, 1.54) is 4.57 Å². The highest BCUT2D eigenvalue weighted by Gasteiger charge is 2.16. The second kappa shape index (κ2) is 6.24. The lowest BCUT2D eigenvalue weighted by Gasteiger charge is -2.32. The molecule has 1 aromatic heterocycles. The van der Waals surface area contributed by atoms with Crippen LogP contribution in [0.15, 0.2) is 27.4 Å². The molecule has 0 amide bonds. The van der Waals surface area contributed by atoms with Crippen LogP contribution in [0.4, 0.5) is 0 Å². The Morgan fingerprint density at radius 3 is 2.68 bits per heavy atom. The van der Waals surface area contributed by atoms with Crippen LogP contribution in [0.1, 0.15) is 18.1 Å². The van der Waals surface area contributed by atoms with Crippen molar-refractivity contribution in [2.75, 3.05) is 39.8 Å². The second-order valence-electron chi connectivity index (χ2n) is 6.10. The van der Waals surface area contributed by atoms with E-state index in [1.54, 1.807) is 13.1 Å². The van der Waals surface area contributed by atoms with E-state index in [1.807, 2.05) is 12.1 Å². The molecule has 22 heavy (non-hydrogen) atoms. The summed E-state index contributed by atoms with van der Waals surface area (Å²) in [5.74, 6) is -0.376. The van der Waals surface area contributed by atoms with Gasteiger partial charge in [-0.15, -0.1) is 0 Å². The molecule has 3 rings (SSSR count). The number of nitrogens with zero attached hydrogens (tertiary/aromatic N) is 3. The summed E-state index contributed by atoms with van der Waals surface area (Å²) < 4.78 is 6.64. The number of oxazole rings is 1. The molecule has 1 aliphatic heterocycles. The summed E-state index contributed by atoms with van der Waals surface area (Å²) in [6.07, 6.45) is 0.154. The standard InChI is InChI=1S/C16H23N3O3/c1-17-7-9-19(10-8-17)6-5-14(20)12-3-4-13-15(11-12)22-16(21)18(13)2/h3-4,11,14,20H,5-10H2,1-2H3. The number of aromatic nitrogens is 1. The zero-order valence-corrected chi connectivity index (χ0v) is 13.2. The molecule has 1 aliphatic rings. The van der Waals surface area contributed by atoms with Gasteiger partial charge in [0.15, 0.2) is 5.58 Å². The van der Waals surface area contributed by atoms with Gasteiger partial charge >= 0.3 is 5.76 Å². The van der Waals surface area contributed by atoms with Crippen molar-refractivity contribution >= 4 is 11.1 Å². The average Bonchev–Trinajstić information content (AvgIpc) is 2.80. The van der Waals surface area contributed by atoms with Crippen molar-refractivity contribution in [2.45, 2.75) is 12.5 Å². The lowest BCUT2D eigenvalue weighted by molar-refractivity contribution is 0.113. The Hall–Kier alpha value is -1.63. The van der Waals surface area contributed by atoms with E-state index in [0.29, 0.717) is 12.0 Å². The first-order chi connectivity index (χ1) is 10.5. The highest BCUT2D eigenvalue weighted by Crippen LogP contribution is 2.22. The molecule has 0 spiro atoms. The quantitative estimate of drug-likeness (QED) is 0.905. The van der Waals surface area contributed by atoms with Crippen LogP contribution in [0.3, 0.4) is 0 Å². The van der Waals surface area contributed by atoms with Gasteiger partial charge in [0.05, 0.1) is 11.6 Å². The molecule has 0 aliphatic carbocycles. The van der Waals surface area contributed by atoms with Crippen LogP contribution in [-0.2, 0) is 7.05 Å². The third-order valence-corrected chi connectivity index (χ3v) is 4.52. The fourth-order valence-electron chi connectivity index (χ4n) is 2.90. The molecule has 2 heterocycles. The van der Waals surface area contributed by atoms with Crippen molar-refractivity contribution < 1.29 is 9.52 Å². The van der Waals surface area contributed by atoms with Gasteiger partial charge < -0.3 is 19.3 Å². The predicted octanol–water partition coefficient (Wildman–Crippen LogP) is 0.802. The van der Waals surface area contributed by atoms with Gasteiger partial charge in [0.2, 0.25) is 0 Å². The van der Waals surface area contributed by atoms with Crippen LogP contribution in [0.5, 0.6) is 0 Å². The number of piperazine rings is 1. The zero-order valence-electron chi connectivity index (χ0n) is 13.2. The van der Waals surface area contributed by atoms with Crippen molar-refractivity contribution in [2.24, 2.45) is 7.05 Å². The SMILES string of the molecule is CN1CCN(CCC(O)c2ccc3c(c2)oc(=O)n3C)CC1. The lowest BCUT2D eigenvalue weighted by atomic mass is 10.1. The first kappa shape index (κ1) is 15.3. The topological polar surface area (TPSA) is 61.9 Å². The minimum Gasteiger partial charge on any atom is -0.408 e. The molecule has 0 saturated carbocycles. The Labute approximate surface area is 129 Å². The van der Waals surface area contributed by atoms with Crippen molar-refractivity contribution in [3.05, 3.63) is 34.3 Å². The molecule has 1 fully saturated rings. The molecule has 1 N–H and O–H groups in total. The molecule has 1 saturated heterocycles. The van der Waals surface area contributed by atoms with Gasteiger partial charge in [-0.25, -0.2) is 4.79 Å². The molecule has 1 unspecified atom stereocenters. The minimum atomic E-state index is -0.533. The number of rotatable bonds is 4. The zero-order chi connectivity index (χ0) is 15.7. The van der Waals surface area contributed by atoms with E-state index in [4.69, 9.17) is 4.42 Å². The summed E-state index contributed by atoms with van der Waals surface area (Å²) in [5, 5.41) is 10.4. The largest absolute Gasteiger partial charge is 0.419 e. The number of aliphatic hydroxyl groups is 1. The third-order valence-electron chi connectivity index (χ3n) is 4.52. The molecular formula is C16H23N3O3. The van der Waals surface area contributed by atoms with Gasteiger partial charge in [-0.3, -0.25) is 4.57 Å². The fraction of sp³-hybridized carbons (Fsp3) is 0.562. The van der Waals surface area contributed by atoms with Gasteiger partial charge in [0.1, 0.15) is 0 Å². The second-order valence-corrected chi connectivity index (χ2v) is 6.10. The first-order valence-corrected chi connectivity index (χ1v) is 7.73. The Kier molecular flexibility index (Phi) is 4.33. The van der Waals surface area contributed by atoms with Gasteiger partial charge in [0.25, 0.3) is 0 Å². The Morgan fingerprint density at radius 1 is 1.23 bits per heavy atom. The summed E-state index contributed by atoms with van der Waals surface area (Å²) in [6, 6.07) is 5.46. The summed E-state index contributed by atoms with van der Waals surface area (Å²) in [4.78, 5) is 16.2. The highest BCUT2D eigenvalue weighted by molar-refractivity contribution is 5.73. The number of likely N-dealkylation sites (N-methyl/N-ethyl adjacent to an activating group) is 1. The van der Waals surface area contributed by atoms with Gasteiger partial charge in [-0.1, -0.05) is 6.07 Å². The lowest BCUT2D eigenvalue weighted by Crippen LogP contribution is -2.44. The van der Waals surface area contributed by atoms with Gasteiger partial charge in [0, 0.05) is 39.8 Å². The Bertz CT molecular complexity index is 698. The number of hydrogen-bond acceptors (Lipinski definition) is 5. The molecule has 1 atom stereocenters. The Morgan fingerprint density at radius 2 is 1.95 bits per heavy atom. The van der Waals surface area contributed by atoms with E-state index in [0.717, 1.165) is 43.8 Å². The van der Waals surface area contributed by atoms with Crippen molar-refractivity contribution in [3.8, 4) is 0 Å². The molecule has 6 heteroatoms. The highest BCUT2D eigenvalue weighted by atomic mass is 16.4. The van der Waals surface area contributed by atoms with E-state index < -0.39 is 6.10 Å². The van der Waals surface area contributed by atoms with Gasteiger partial charge in [-0.05, 0) is 31.2 Å². The number of aliphatic hydroxyl groups excluding tert-OH is 1. The summed E-state index contributed by atoms with van der Waals surface area (Å²) in [7, 11) is 3.81. The van der Waals surface area contributed by atoms with Crippen LogP contribution in [0.25, 0.3) is 11.1 Å². The Balaban J connectivity index is 1.64. The monoisotopic (exact) mass is 305 g/mol. The van der Waals surface area contributed by atoms with Crippen LogP contribution < -0.4 is 5.76 Å².